The van der Waals surface area contributed by atoms with E-state index in [0.717, 1.165) is 42.8 Å². The summed E-state index contributed by atoms with van der Waals surface area (Å²) in [5.74, 6) is -0.719. The van der Waals surface area contributed by atoms with Crippen LogP contribution in [0.1, 0.15) is 45.5 Å². The van der Waals surface area contributed by atoms with Gasteiger partial charge in [0.2, 0.25) is 0 Å². The smallest absolute Gasteiger partial charge is 0.335 e. The Bertz CT molecular complexity index is 1130. The second kappa shape index (κ2) is 10.4. The van der Waals surface area contributed by atoms with Gasteiger partial charge >= 0.3 is 5.97 Å². The van der Waals surface area contributed by atoms with E-state index in [9.17, 15) is 14.4 Å². The molecule has 6 nitrogen and oxygen atoms in total. The Morgan fingerprint density at radius 1 is 0.939 bits per heavy atom. The molecular weight excluding hydrogens is 438 g/mol. The molecule has 1 aliphatic rings. The zero-order chi connectivity index (χ0) is 23.2. The molecule has 0 atom stereocenters. The summed E-state index contributed by atoms with van der Waals surface area (Å²) in [6, 6.07) is 15.5. The first-order valence-corrected chi connectivity index (χ1v) is 11.8. The minimum atomic E-state index is -1.04. The van der Waals surface area contributed by atoms with Gasteiger partial charge in [-0.1, -0.05) is 18.2 Å². The summed E-state index contributed by atoms with van der Waals surface area (Å²) in [6.07, 6.45) is 3.26. The van der Waals surface area contributed by atoms with E-state index in [-0.39, 0.29) is 30.3 Å². The first-order chi connectivity index (χ1) is 16.0. The number of benzene rings is 2. The summed E-state index contributed by atoms with van der Waals surface area (Å²) in [7, 11) is 0. The molecule has 1 amide bonds. The first kappa shape index (κ1) is 22.7. The number of Topliss-reactive ketones (excluding diaryl/α,β-unsaturated/α-hetero) is 1. The molecule has 0 bridgehead atoms. The van der Waals surface area contributed by atoms with Crippen LogP contribution >= 0.6 is 11.3 Å². The Kier molecular flexibility index (Phi) is 7.19. The van der Waals surface area contributed by atoms with Crippen molar-refractivity contribution in [3.8, 4) is 16.2 Å². The van der Waals surface area contributed by atoms with Crippen LogP contribution in [0.5, 0.6) is 5.75 Å². The van der Waals surface area contributed by atoms with Gasteiger partial charge in [-0.25, -0.2) is 4.79 Å². The maximum Gasteiger partial charge on any atom is 0.335 e. The monoisotopic (exact) mass is 463 g/mol. The van der Waals surface area contributed by atoms with Crippen molar-refractivity contribution in [2.75, 3.05) is 19.7 Å². The van der Waals surface area contributed by atoms with Gasteiger partial charge in [-0.2, -0.15) is 0 Å². The fourth-order valence-electron chi connectivity index (χ4n) is 3.90. The van der Waals surface area contributed by atoms with Gasteiger partial charge < -0.3 is 14.7 Å². The lowest BCUT2D eigenvalue weighted by molar-refractivity contribution is -0.134. The summed E-state index contributed by atoms with van der Waals surface area (Å²) >= 11 is 1.61. The van der Waals surface area contributed by atoms with Gasteiger partial charge in [0.25, 0.3) is 5.91 Å². The van der Waals surface area contributed by atoms with Crippen LogP contribution in [-0.2, 0) is 11.2 Å². The molecule has 0 unspecified atom stereocenters. The number of nitrogens with zero attached hydrogens (tertiary/aromatic N) is 1. The molecule has 1 aromatic heterocycles. The van der Waals surface area contributed by atoms with Gasteiger partial charge in [0, 0.05) is 35.5 Å². The zero-order valence-electron chi connectivity index (χ0n) is 18.2. The number of ether oxygens (including phenoxy) is 1. The van der Waals surface area contributed by atoms with Crippen LogP contribution in [0, 0.1) is 0 Å². The Labute approximate surface area is 196 Å². The molecule has 1 saturated heterocycles. The van der Waals surface area contributed by atoms with Crippen molar-refractivity contribution in [2.24, 2.45) is 0 Å². The number of thiophene rings is 1. The molecule has 0 saturated carbocycles. The molecule has 170 valence electrons. The predicted octanol–water partition coefficient (Wildman–Crippen LogP) is 4.93. The number of hydrogen-bond acceptors (Lipinski definition) is 5. The maximum absolute atomic E-state index is 13.0. The lowest BCUT2D eigenvalue weighted by Crippen LogP contribution is -2.38. The van der Waals surface area contributed by atoms with Gasteiger partial charge in [-0.15, -0.1) is 11.3 Å². The zero-order valence-corrected chi connectivity index (χ0v) is 19.0. The fraction of sp³-hybridized carbons (Fsp3) is 0.269. The van der Waals surface area contributed by atoms with Crippen LogP contribution in [0.15, 0.2) is 60.0 Å². The van der Waals surface area contributed by atoms with E-state index in [1.165, 1.54) is 24.3 Å². The third-order valence-corrected chi connectivity index (χ3v) is 6.65. The van der Waals surface area contributed by atoms with Crippen molar-refractivity contribution in [1.82, 2.24) is 4.90 Å². The van der Waals surface area contributed by atoms with Crippen LogP contribution in [0.25, 0.3) is 10.4 Å². The van der Waals surface area contributed by atoms with Crippen LogP contribution in [0.4, 0.5) is 0 Å². The summed E-state index contributed by atoms with van der Waals surface area (Å²) in [5.41, 5.74) is 2.23. The number of amides is 1. The van der Waals surface area contributed by atoms with Crippen LogP contribution in [0.3, 0.4) is 0 Å². The molecule has 3 aromatic rings. The van der Waals surface area contributed by atoms with E-state index < -0.39 is 5.97 Å². The van der Waals surface area contributed by atoms with Crippen molar-refractivity contribution in [3.05, 3.63) is 76.7 Å². The summed E-state index contributed by atoms with van der Waals surface area (Å²) < 4.78 is 5.89. The molecule has 1 aliphatic heterocycles. The van der Waals surface area contributed by atoms with Crippen molar-refractivity contribution < 1.29 is 24.2 Å². The second-order valence-electron chi connectivity index (χ2n) is 8.01. The number of carboxylic acids is 1. The predicted molar refractivity (Wildman–Crippen MR) is 127 cm³/mol. The van der Waals surface area contributed by atoms with E-state index in [0.29, 0.717) is 16.9 Å². The summed E-state index contributed by atoms with van der Waals surface area (Å²) in [4.78, 5) is 39.5. The summed E-state index contributed by atoms with van der Waals surface area (Å²) in [6.45, 7) is 1.46. The molecule has 2 heterocycles. The molecule has 2 aromatic carbocycles. The van der Waals surface area contributed by atoms with Crippen LogP contribution < -0.4 is 4.74 Å². The van der Waals surface area contributed by atoms with E-state index >= 15 is 0 Å². The van der Waals surface area contributed by atoms with Gasteiger partial charge in [0.05, 0.1) is 5.56 Å². The number of aromatic carboxylic acids is 1. The van der Waals surface area contributed by atoms with Gasteiger partial charge in [0.1, 0.15) is 5.75 Å². The third kappa shape index (κ3) is 5.68. The average molecular weight is 464 g/mol. The topological polar surface area (TPSA) is 83.9 Å². The van der Waals surface area contributed by atoms with Crippen molar-refractivity contribution in [2.45, 2.75) is 25.7 Å². The van der Waals surface area contributed by atoms with Crippen molar-refractivity contribution in [1.29, 1.82) is 0 Å². The highest BCUT2D eigenvalue weighted by molar-refractivity contribution is 7.13. The molecule has 0 spiro atoms. The molecule has 1 N–H and O–H groups in total. The Hall–Kier alpha value is -3.45. The fourth-order valence-corrected chi connectivity index (χ4v) is 4.63. The Morgan fingerprint density at radius 3 is 2.33 bits per heavy atom. The van der Waals surface area contributed by atoms with Crippen LogP contribution in [0.2, 0.25) is 0 Å². The third-order valence-electron chi connectivity index (χ3n) is 5.73. The van der Waals surface area contributed by atoms with Gasteiger partial charge in [0.15, 0.2) is 12.4 Å². The van der Waals surface area contributed by atoms with E-state index in [2.05, 4.69) is 0 Å². The Balaban J connectivity index is 1.54. The van der Waals surface area contributed by atoms with Crippen molar-refractivity contribution in [3.63, 3.8) is 0 Å². The normalized spacial score (nSPS) is 13.5. The number of rotatable bonds is 8. The van der Waals surface area contributed by atoms with Crippen molar-refractivity contribution >= 4 is 29.0 Å². The molecule has 7 heteroatoms. The van der Waals surface area contributed by atoms with E-state index in [1.807, 2.05) is 40.6 Å². The quantitative estimate of drug-likeness (QED) is 0.479. The highest BCUT2D eigenvalue weighted by atomic mass is 32.1. The van der Waals surface area contributed by atoms with E-state index in [1.54, 1.807) is 11.3 Å². The SMILES string of the molecule is O=C(O)c1ccc(C(=O)Cc2cc(-c3cccs3)ccc2OCC(=O)N2CCCCC2)cc1. The number of piperidine rings is 1. The number of carbonyl (C=O) groups is 3. The molecular formula is C26H25NO5S. The Morgan fingerprint density at radius 2 is 1.67 bits per heavy atom. The number of carbonyl (C=O) groups excluding carboxylic acids is 2. The number of likely N-dealkylation sites (tertiary alicyclic amines) is 1. The minimum Gasteiger partial charge on any atom is -0.483 e. The first-order valence-electron chi connectivity index (χ1n) is 11.0. The number of hydrogen-bond donors (Lipinski definition) is 1. The van der Waals surface area contributed by atoms with Crippen LogP contribution in [-0.4, -0.2) is 47.4 Å². The molecule has 0 aliphatic carbocycles. The molecule has 4 rings (SSSR count). The average Bonchev–Trinajstić information content (AvgIpc) is 3.38. The lowest BCUT2D eigenvalue weighted by atomic mass is 9.99. The molecule has 0 radical (unpaired) electrons. The minimum absolute atomic E-state index is 0.0430. The van der Waals surface area contributed by atoms with Gasteiger partial charge in [-0.3, -0.25) is 9.59 Å². The molecule has 33 heavy (non-hydrogen) atoms. The number of ketones is 1. The van der Waals surface area contributed by atoms with E-state index in [4.69, 9.17) is 9.84 Å². The number of carboxylic acid groups (broad SMARTS) is 1. The molecule has 1 fully saturated rings. The highest BCUT2D eigenvalue weighted by Crippen LogP contribution is 2.30. The standard InChI is InChI=1S/C26H25NO5S/c28-22(18-6-8-19(9-7-18)26(30)31)16-21-15-20(24-5-4-14-33-24)10-11-23(21)32-17-25(29)27-12-2-1-3-13-27/h4-11,14-15H,1-3,12-13,16-17H2,(H,30,31). The lowest BCUT2D eigenvalue weighted by Gasteiger charge is -2.26. The largest absolute Gasteiger partial charge is 0.483 e. The highest BCUT2D eigenvalue weighted by Gasteiger charge is 2.19. The second-order valence-corrected chi connectivity index (χ2v) is 8.96. The van der Waals surface area contributed by atoms with Gasteiger partial charge in [-0.05, 0) is 66.6 Å². The maximum atomic E-state index is 13.0. The summed E-state index contributed by atoms with van der Waals surface area (Å²) in [5, 5.41) is 11.1.